The second-order valence-corrected chi connectivity index (χ2v) is 4.69. The minimum Gasteiger partial charge on any atom is -0.376 e. The van der Waals surface area contributed by atoms with Crippen LogP contribution in [0.15, 0.2) is 18.3 Å². The molecule has 1 heterocycles. The van der Waals surface area contributed by atoms with Crippen molar-refractivity contribution in [3.8, 4) is 0 Å². The van der Waals surface area contributed by atoms with Crippen LogP contribution in [0.5, 0.6) is 0 Å². The van der Waals surface area contributed by atoms with Crippen molar-refractivity contribution in [2.24, 2.45) is 0 Å². The monoisotopic (exact) mass is 231 g/mol. The summed E-state index contributed by atoms with van der Waals surface area (Å²) in [5.74, 6) is 0. The fourth-order valence-electron chi connectivity index (χ4n) is 1.94. The lowest BCUT2D eigenvalue weighted by molar-refractivity contribution is 0.848. The smallest absolute Gasteiger partial charge is 0.109 e. The Kier molecular flexibility index (Phi) is 6.75. The van der Waals surface area contributed by atoms with Gasteiger partial charge in [0.1, 0.15) is 7.28 Å². The molecule has 0 amide bonds. The Morgan fingerprint density at radius 2 is 2.00 bits per heavy atom. The van der Waals surface area contributed by atoms with Crippen LogP contribution >= 0.6 is 0 Å². The lowest BCUT2D eigenvalue weighted by atomic mass is 9.68. The molecule has 0 saturated heterocycles. The standard InChI is InChI=1S/C14H24BN2/c1-4-5-10-15-11-6-8-13-14(17(2)3)9-7-12-16-13/h7,9,12H,4-6,8,10-11H2,1-3H3. The second kappa shape index (κ2) is 8.16. The highest BCUT2D eigenvalue weighted by Crippen LogP contribution is 2.17. The SMILES string of the molecule is CCCC[B]CCCc1ncccc1N(C)C. The van der Waals surface area contributed by atoms with E-state index in [4.69, 9.17) is 0 Å². The van der Waals surface area contributed by atoms with Gasteiger partial charge in [-0.05, 0) is 18.6 Å². The molecule has 0 aliphatic rings. The fraction of sp³-hybridized carbons (Fsp3) is 0.643. The van der Waals surface area contributed by atoms with Gasteiger partial charge < -0.3 is 4.90 Å². The second-order valence-electron chi connectivity index (χ2n) is 4.69. The molecule has 0 aliphatic heterocycles. The van der Waals surface area contributed by atoms with Gasteiger partial charge in [-0.3, -0.25) is 4.98 Å². The van der Waals surface area contributed by atoms with Crippen LogP contribution in [0.25, 0.3) is 0 Å². The van der Waals surface area contributed by atoms with E-state index in [2.05, 4.69) is 44.2 Å². The van der Waals surface area contributed by atoms with Gasteiger partial charge in [0.2, 0.25) is 0 Å². The molecule has 17 heavy (non-hydrogen) atoms. The van der Waals surface area contributed by atoms with Crippen LogP contribution in [0, 0.1) is 0 Å². The molecule has 0 aliphatic carbocycles. The number of aryl methyl sites for hydroxylation is 1. The molecular weight excluding hydrogens is 207 g/mol. The summed E-state index contributed by atoms with van der Waals surface area (Å²) in [6.45, 7) is 2.24. The summed E-state index contributed by atoms with van der Waals surface area (Å²) in [7, 11) is 6.57. The Balaban J connectivity index is 2.31. The van der Waals surface area contributed by atoms with Crippen molar-refractivity contribution in [3.63, 3.8) is 0 Å². The average Bonchev–Trinajstić information content (AvgIpc) is 2.34. The molecule has 3 heteroatoms. The molecule has 0 saturated carbocycles. The van der Waals surface area contributed by atoms with Gasteiger partial charge in [-0.1, -0.05) is 38.8 Å². The summed E-state index contributed by atoms with van der Waals surface area (Å²) in [5.41, 5.74) is 2.47. The van der Waals surface area contributed by atoms with Crippen LogP contribution in [0.3, 0.4) is 0 Å². The molecule has 93 valence electrons. The van der Waals surface area contributed by atoms with Crippen molar-refractivity contribution < 1.29 is 0 Å². The van der Waals surface area contributed by atoms with Crippen molar-refractivity contribution >= 4 is 13.0 Å². The first-order valence-electron chi connectivity index (χ1n) is 6.68. The molecule has 0 bridgehead atoms. The molecule has 1 radical (unpaired) electrons. The van der Waals surface area contributed by atoms with Crippen LogP contribution in [0.2, 0.25) is 12.6 Å². The van der Waals surface area contributed by atoms with E-state index >= 15 is 0 Å². The Hall–Kier alpha value is -0.985. The predicted octanol–water partition coefficient (Wildman–Crippen LogP) is 3.42. The summed E-state index contributed by atoms with van der Waals surface area (Å²) >= 11 is 0. The normalized spacial score (nSPS) is 10.3. The highest BCUT2D eigenvalue weighted by molar-refractivity contribution is 6.35. The summed E-state index contributed by atoms with van der Waals surface area (Å²) in [6.07, 6.45) is 9.28. The molecule has 0 fully saturated rings. The molecule has 0 spiro atoms. The van der Waals surface area contributed by atoms with Gasteiger partial charge in [0.15, 0.2) is 0 Å². The van der Waals surface area contributed by atoms with Gasteiger partial charge in [0.25, 0.3) is 0 Å². The molecule has 1 rings (SSSR count). The van der Waals surface area contributed by atoms with E-state index in [0.717, 1.165) is 6.42 Å². The quantitative estimate of drug-likeness (QED) is 0.503. The average molecular weight is 231 g/mol. The van der Waals surface area contributed by atoms with Crippen molar-refractivity contribution in [3.05, 3.63) is 24.0 Å². The fourth-order valence-corrected chi connectivity index (χ4v) is 1.94. The molecule has 0 atom stereocenters. The Morgan fingerprint density at radius 3 is 2.71 bits per heavy atom. The van der Waals surface area contributed by atoms with Crippen LogP contribution in [0.1, 0.15) is 31.9 Å². The van der Waals surface area contributed by atoms with E-state index in [1.54, 1.807) is 0 Å². The largest absolute Gasteiger partial charge is 0.376 e. The number of hydrogen-bond donors (Lipinski definition) is 0. The minimum atomic E-state index is 1.08. The van der Waals surface area contributed by atoms with Gasteiger partial charge in [0, 0.05) is 20.3 Å². The lowest BCUT2D eigenvalue weighted by Crippen LogP contribution is -2.12. The van der Waals surface area contributed by atoms with Crippen molar-refractivity contribution in [1.82, 2.24) is 4.98 Å². The van der Waals surface area contributed by atoms with Gasteiger partial charge in [0.05, 0.1) is 11.4 Å². The summed E-state index contributed by atoms with van der Waals surface area (Å²) in [4.78, 5) is 6.62. The van der Waals surface area contributed by atoms with Crippen LogP contribution in [-0.4, -0.2) is 26.4 Å². The Labute approximate surface area is 107 Å². The number of rotatable bonds is 8. The van der Waals surface area contributed by atoms with E-state index in [9.17, 15) is 0 Å². The highest BCUT2D eigenvalue weighted by atomic mass is 15.1. The molecule has 1 aromatic rings. The Bertz CT molecular complexity index is 313. The molecular formula is C14H24BN2. The summed E-state index contributed by atoms with van der Waals surface area (Å²) < 4.78 is 0. The van der Waals surface area contributed by atoms with E-state index < -0.39 is 0 Å². The van der Waals surface area contributed by atoms with E-state index in [1.165, 1.54) is 43.3 Å². The maximum atomic E-state index is 4.48. The molecule has 0 unspecified atom stereocenters. The minimum absolute atomic E-state index is 1.08. The zero-order chi connectivity index (χ0) is 12.5. The number of pyridine rings is 1. The molecule has 0 aromatic carbocycles. The Morgan fingerprint density at radius 1 is 1.24 bits per heavy atom. The van der Waals surface area contributed by atoms with Gasteiger partial charge in [-0.15, -0.1) is 0 Å². The lowest BCUT2D eigenvalue weighted by Gasteiger charge is -2.16. The first-order valence-corrected chi connectivity index (χ1v) is 6.68. The number of nitrogens with zero attached hydrogens (tertiary/aromatic N) is 2. The third-order valence-electron chi connectivity index (χ3n) is 2.93. The van der Waals surface area contributed by atoms with Crippen molar-refractivity contribution in [1.29, 1.82) is 0 Å². The topological polar surface area (TPSA) is 16.1 Å². The summed E-state index contributed by atoms with van der Waals surface area (Å²) in [5, 5.41) is 0. The number of unbranched alkanes of at least 4 members (excludes halogenated alkanes) is 1. The van der Waals surface area contributed by atoms with Crippen molar-refractivity contribution in [2.45, 2.75) is 45.2 Å². The highest BCUT2D eigenvalue weighted by Gasteiger charge is 2.04. The zero-order valence-corrected chi connectivity index (χ0v) is 11.4. The van der Waals surface area contributed by atoms with Crippen molar-refractivity contribution in [2.75, 3.05) is 19.0 Å². The van der Waals surface area contributed by atoms with Gasteiger partial charge in [-0.25, -0.2) is 0 Å². The number of aromatic nitrogens is 1. The van der Waals surface area contributed by atoms with Crippen LogP contribution < -0.4 is 4.90 Å². The first-order chi connectivity index (χ1) is 8.25. The van der Waals surface area contributed by atoms with Crippen LogP contribution in [-0.2, 0) is 6.42 Å². The maximum absolute atomic E-state index is 4.48. The van der Waals surface area contributed by atoms with E-state index in [1.807, 2.05) is 12.3 Å². The van der Waals surface area contributed by atoms with E-state index in [-0.39, 0.29) is 0 Å². The summed E-state index contributed by atoms with van der Waals surface area (Å²) in [6, 6.07) is 4.15. The number of hydrogen-bond acceptors (Lipinski definition) is 2. The maximum Gasteiger partial charge on any atom is 0.109 e. The van der Waals surface area contributed by atoms with E-state index in [0.29, 0.717) is 0 Å². The third-order valence-corrected chi connectivity index (χ3v) is 2.93. The predicted molar refractivity (Wildman–Crippen MR) is 77.2 cm³/mol. The zero-order valence-electron chi connectivity index (χ0n) is 11.4. The first kappa shape index (κ1) is 14.1. The van der Waals surface area contributed by atoms with Gasteiger partial charge in [-0.2, -0.15) is 0 Å². The molecule has 0 N–H and O–H groups in total. The molecule has 2 nitrogen and oxygen atoms in total. The third kappa shape index (κ3) is 5.25. The van der Waals surface area contributed by atoms with Crippen LogP contribution in [0.4, 0.5) is 5.69 Å². The van der Waals surface area contributed by atoms with Gasteiger partial charge >= 0.3 is 0 Å². The molecule has 1 aromatic heterocycles. The number of anilines is 1.